The van der Waals surface area contributed by atoms with Crippen LogP contribution < -0.4 is 10.6 Å². The molecule has 1 heterocycles. The molecule has 0 unspecified atom stereocenters. The number of aryl methyl sites for hydroxylation is 1. The third kappa shape index (κ3) is 6.93. The van der Waals surface area contributed by atoms with E-state index in [1.54, 1.807) is 25.4 Å². The number of nitrogens with one attached hydrogen (secondary N) is 2. The molecule has 1 aromatic carbocycles. The minimum Gasteiger partial charge on any atom is -0.356 e. The fraction of sp³-hybridized carbons (Fsp3) is 0.389. The largest absolute Gasteiger partial charge is 0.356 e. The Bertz CT molecular complexity index is 697. The second-order valence-corrected chi connectivity index (χ2v) is 7.15. The number of nitrogens with zero attached hydrogens (tertiary/aromatic N) is 3. The summed E-state index contributed by atoms with van der Waals surface area (Å²) in [5, 5.41) is 7.53. The molecular formula is C18H25N5OS. The van der Waals surface area contributed by atoms with Crippen LogP contribution in [0.5, 0.6) is 0 Å². The van der Waals surface area contributed by atoms with E-state index in [2.05, 4.69) is 32.7 Å². The Labute approximate surface area is 153 Å². The monoisotopic (exact) mass is 359 g/mol. The van der Waals surface area contributed by atoms with Gasteiger partial charge < -0.3 is 15.5 Å². The summed E-state index contributed by atoms with van der Waals surface area (Å²) in [6.07, 6.45) is 2.75. The zero-order valence-electron chi connectivity index (χ0n) is 15.0. The first-order chi connectivity index (χ1) is 12.0. The van der Waals surface area contributed by atoms with E-state index >= 15 is 0 Å². The molecule has 2 rings (SSSR count). The second-order valence-electron chi connectivity index (χ2n) is 5.83. The summed E-state index contributed by atoms with van der Waals surface area (Å²) in [6.45, 7) is 3.48. The van der Waals surface area contributed by atoms with Crippen LogP contribution in [0.4, 0.5) is 0 Å². The van der Waals surface area contributed by atoms with Crippen LogP contribution in [-0.2, 0) is 17.8 Å². The molecule has 0 saturated carbocycles. The summed E-state index contributed by atoms with van der Waals surface area (Å²) >= 11 is 1.65. The normalized spacial score (nSPS) is 11.2. The van der Waals surface area contributed by atoms with Gasteiger partial charge in [0.2, 0.25) is 5.91 Å². The van der Waals surface area contributed by atoms with Crippen LogP contribution >= 0.6 is 11.3 Å². The van der Waals surface area contributed by atoms with Crippen LogP contribution in [0.3, 0.4) is 0 Å². The zero-order valence-corrected chi connectivity index (χ0v) is 15.8. The molecule has 2 aromatic rings. The maximum atomic E-state index is 11.8. The molecule has 0 aliphatic rings. The van der Waals surface area contributed by atoms with Crippen molar-refractivity contribution in [1.29, 1.82) is 0 Å². The van der Waals surface area contributed by atoms with E-state index < -0.39 is 0 Å². The Hall–Kier alpha value is -2.41. The lowest BCUT2D eigenvalue weighted by Crippen LogP contribution is -2.39. The lowest BCUT2D eigenvalue weighted by atomic mass is 10.1. The summed E-state index contributed by atoms with van der Waals surface area (Å²) in [5.74, 6) is 0.591. The quantitative estimate of drug-likeness (QED) is 0.584. The van der Waals surface area contributed by atoms with E-state index in [9.17, 15) is 4.79 Å². The molecule has 0 saturated heterocycles. The Morgan fingerprint density at radius 3 is 2.64 bits per heavy atom. The van der Waals surface area contributed by atoms with Crippen LogP contribution in [0.15, 0.2) is 41.5 Å². The molecule has 1 aromatic heterocycles. The van der Waals surface area contributed by atoms with Crippen LogP contribution in [0.1, 0.15) is 15.4 Å². The van der Waals surface area contributed by atoms with Gasteiger partial charge in [0.15, 0.2) is 5.96 Å². The van der Waals surface area contributed by atoms with Gasteiger partial charge in [-0.2, -0.15) is 0 Å². The third-order valence-electron chi connectivity index (χ3n) is 3.50. The maximum Gasteiger partial charge on any atom is 0.243 e. The summed E-state index contributed by atoms with van der Waals surface area (Å²) < 4.78 is 0. The highest BCUT2D eigenvalue weighted by molar-refractivity contribution is 7.11. The number of benzene rings is 1. The number of hydrogen-bond acceptors (Lipinski definition) is 4. The number of amides is 1. The number of aromatic nitrogens is 1. The number of carbonyl (C=O) groups is 1. The van der Waals surface area contributed by atoms with E-state index in [-0.39, 0.29) is 12.5 Å². The molecule has 0 spiro atoms. The lowest BCUT2D eigenvalue weighted by molar-refractivity contribution is -0.127. The molecule has 6 nitrogen and oxygen atoms in total. The number of aliphatic imine (C=N–C) groups is 1. The molecule has 1 amide bonds. The standard InChI is InChI=1S/C18H25N5OS/c1-14-11-20-16(25-14)12-21-18(22-13-17(24)23(2)3)19-10-9-15-7-5-4-6-8-15/h4-8,11H,9-10,12-13H2,1-3H3,(H2,19,21,22). The number of thiazole rings is 1. The fourth-order valence-corrected chi connectivity index (χ4v) is 2.80. The minimum absolute atomic E-state index is 0.0331. The number of rotatable bonds is 7. The van der Waals surface area contributed by atoms with Crippen molar-refractivity contribution >= 4 is 23.2 Å². The molecule has 2 N–H and O–H groups in total. The summed E-state index contributed by atoms with van der Waals surface area (Å²) in [7, 11) is 3.46. The summed E-state index contributed by atoms with van der Waals surface area (Å²) in [4.78, 5) is 23.2. The molecular weight excluding hydrogens is 334 g/mol. The molecule has 7 heteroatoms. The molecule has 0 fully saturated rings. The molecule has 25 heavy (non-hydrogen) atoms. The predicted molar refractivity (Wildman–Crippen MR) is 103 cm³/mol. The average molecular weight is 359 g/mol. The number of guanidine groups is 1. The molecule has 0 atom stereocenters. The van der Waals surface area contributed by atoms with E-state index in [4.69, 9.17) is 0 Å². The highest BCUT2D eigenvalue weighted by Crippen LogP contribution is 2.10. The van der Waals surface area contributed by atoms with Gasteiger partial charge >= 0.3 is 0 Å². The van der Waals surface area contributed by atoms with Gasteiger partial charge in [0, 0.05) is 31.7 Å². The van der Waals surface area contributed by atoms with Crippen molar-refractivity contribution in [2.45, 2.75) is 19.9 Å². The number of hydrogen-bond donors (Lipinski definition) is 2. The van der Waals surface area contributed by atoms with Crippen LogP contribution in [0.25, 0.3) is 0 Å². The Morgan fingerprint density at radius 1 is 1.24 bits per heavy atom. The highest BCUT2D eigenvalue weighted by Gasteiger charge is 2.06. The van der Waals surface area contributed by atoms with Gasteiger partial charge in [-0.25, -0.2) is 9.98 Å². The Balaban J connectivity index is 1.90. The van der Waals surface area contributed by atoms with E-state index in [0.29, 0.717) is 12.5 Å². The second kappa shape index (κ2) is 9.78. The molecule has 0 aliphatic heterocycles. The molecule has 134 valence electrons. The summed E-state index contributed by atoms with van der Waals surface area (Å²) in [5.41, 5.74) is 1.26. The van der Waals surface area contributed by atoms with Crippen LogP contribution in [-0.4, -0.2) is 48.9 Å². The zero-order chi connectivity index (χ0) is 18.1. The summed E-state index contributed by atoms with van der Waals surface area (Å²) in [6, 6.07) is 10.3. The molecule has 0 bridgehead atoms. The fourth-order valence-electron chi connectivity index (χ4n) is 2.07. The van der Waals surface area contributed by atoms with Gasteiger partial charge in [-0.1, -0.05) is 30.3 Å². The SMILES string of the molecule is Cc1cnc(CNC(=NCC(=O)N(C)C)NCCc2ccccc2)s1. The number of carbonyl (C=O) groups excluding carboxylic acids is 1. The number of likely N-dealkylation sites (N-methyl/N-ethyl adjacent to an activating group) is 1. The van der Waals surface area contributed by atoms with E-state index in [1.807, 2.05) is 31.3 Å². The topological polar surface area (TPSA) is 69.6 Å². The highest BCUT2D eigenvalue weighted by atomic mass is 32.1. The maximum absolute atomic E-state index is 11.8. The van der Waals surface area contributed by atoms with Crippen molar-refractivity contribution in [3.05, 3.63) is 52.0 Å². The van der Waals surface area contributed by atoms with Crippen LogP contribution in [0, 0.1) is 6.92 Å². The van der Waals surface area contributed by atoms with Crippen LogP contribution in [0.2, 0.25) is 0 Å². The lowest BCUT2D eigenvalue weighted by Gasteiger charge is -2.13. The molecule has 0 aliphatic carbocycles. The van der Waals surface area contributed by atoms with Crippen molar-refractivity contribution in [3.63, 3.8) is 0 Å². The van der Waals surface area contributed by atoms with Crippen molar-refractivity contribution < 1.29 is 4.79 Å². The van der Waals surface area contributed by atoms with Gasteiger partial charge in [0.25, 0.3) is 0 Å². The smallest absolute Gasteiger partial charge is 0.243 e. The first kappa shape index (κ1) is 18.9. The third-order valence-corrected chi connectivity index (χ3v) is 4.41. The first-order valence-corrected chi connectivity index (χ1v) is 9.04. The van der Waals surface area contributed by atoms with Gasteiger partial charge in [0.1, 0.15) is 11.6 Å². The average Bonchev–Trinajstić information content (AvgIpc) is 3.02. The van der Waals surface area contributed by atoms with Crippen molar-refractivity contribution in [2.24, 2.45) is 4.99 Å². The van der Waals surface area contributed by atoms with Gasteiger partial charge in [0.05, 0.1) is 6.54 Å². The van der Waals surface area contributed by atoms with E-state index in [0.717, 1.165) is 18.0 Å². The van der Waals surface area contributed by atoms with Crippen molar-refractivity contribution in [3.8, 4) is 0 Å². The van der Waals surface area contributed by atoms with Crippen molar-refractivity contribution in [2.75, 3.05) is 27.2 Å². The van der Waals surface area contributed by atoms with Crippen molar-refractivity contribution in [1.82, 2.24) is 20.5 Å². The van der Waals surface area contributed by atoms with Gasteiger partial charge in [-0.3, -0.25) is 4.79 Å². The molecule has 0 radical (unpaired) electrons. The van der Waals surface area contributed by atoms with Gasteiger partial charge in [-0.05, 0) is 18.9 Å². The van der Waals surface area contributed by atoms with Gasteiger partial charge in [-0.15, -0.1) is 11.3 Å². The predicted octanol–water partition coefficient (Wildman–Crippen LogP) is 1.82. The minimum atomic E-state index is -0.0331. The Kier molecular flexibility index (Phi) is 7.40. The van der Waals surface area contributed by atoms with E-state index in [1.165, 1.54) is 15.3 Å². The first-order valence-electron chi connectivity index (χ1n) is 8.22. The Morgan fingerprint density at radius 2 is 2.00 bits per heavy atom.